The molecule has 2 aliphatic carbocycles. The molecule has 0 spiro atoms. The normalized spacial score (nSPS) is 36.9. The summed E-state index contributed by atoms with van der Waals surface area (Å²) in [7, 11) is -4.62. The molecule has 2 fully saturated rings. The van der Waals surface area contributed by atoms with Crippen LogP contribution in [-0.4, -0.2) is 15.8 Å². The van der Waals surface area contributed by atoms with E-state index in [2.05, 4.69) is 4.52 Å². The molecular formula is C7H11O5P. The number of phosphoric acid groups is 1. The van der Waals surface area contributed by atoms with Crippen molar-refractivity contribution in [3.63, 3.8) is 0 Å². The molecule has 5 nitrogen and oxygen atoms in total. The van der Waals surface area contributed by atoms with Crippen molar-refractivity contribution >= 4 is 13.8 Å². The highest BCUT2D eigenvalue weighted by molar-refractivity contribution is 7.46. The van der Waals surface area contributed by atoms with Crippen molar-refractivity contribution in [1.29, 1.82) is 0 Å². The molecule has 13 heavy (non-hydrogen) atoms. The maximum atomic E-state index is 11.1. The minimum Gasteiger partial charge on any atom is -0.370 e. The van der Waals surface area contributed by atoms with Gasteiger partial charge in [-0.15, -0.1) is 0 Å². The van der Waals surface area contributed by atoms with Crippen molar-refractivity contribution in [1.82, 2.24) is 0 Å². The van der Waals surface area contributed by atoms with Gasteiger partial charge in [-0.3, -0.25) is 14.6 Å². The van der Waals surface area contributed by atoms with Gasteiger partial charge in [0.2, 0.25) is 0 Å². The van der Waals surface area contributed by atoms with E-state index in [1.807, 2.05) is 0 Å². The van der Waals surface area contributed by atoms with Crippen LogP contribution < -0.4 is 0 Å². The lowest BCUT2D eigenvalue weighted by Gasteiger charge is -2.05. The van der Waals surface area contributed by atoms with Gasteiger partial charge in [-0.2, -0.15) is 0 Å². The quantitative estimate of drug-likeness (QED) is 0.648. The highest BCUT2D eigenvalue weighted by Crippen LogP contribution is 2.59. The first-order valence-electron chi connectivity index (χ1n) is 4.28. The number of fused-ring (bicyclic) bond motifs is 1. The van der Waals surface area contributed by atoms with Crippen LogP contribution in [0.25, 0.3) is 0 Å². The Kier molecular flexibility index (Phi) is 1.98. The number of rotatable bonds is 2. The van der Waals surface area contributed by atoms with Gasteiger partial charge in [-0.05, 0) is 24.7 Å². The molecule has 2 rings (SSSR count). The van der Waals surface area contributed by atoms with Crippen LogP contribution in [0.4, 0.5) is 0 Å². The zero-order valence-corrected chi connectivity index (χ0v) is 7.81. The molecule has 2 atom stereocenters. The van der Waals surface area contributed by atoms with Gasteiger partial charge in [0.15, 0.2) is 0 Å². The van der Waals surface area contributed by atoms with E-state index in [-0.39, 0.29) is 5.92 Å². The SMILES string of the molecule is O=C(OP(=O)(O)O)C1C2CCCC21. The van der Waals surface area contributed by atoms with Gasteiger partial charge in [0.1, 0.15) is 0 Å². The Morgan fingerprint density at radius 3 is 2.31 bits per heavy atom. The summed E-state index contributed by atoms with van der Waals surface area (Å²) in [5, 5.41) is 0. The maximum absolute atomic E-state index is 11.1. The summed E-state index contributed by atoms with van der Waals surface area (Å²) in [5.41, 5.74) is 0. The minimum atomic E-state index is -4.62. The summed E-state index contributed by atoms with van der Waals surface area (Å²) < 4.78 is 14.4. The average Bonchev–Trinajstić information content (AvgIpc) is 2.44. The largest absolute Gasteiger partial charge is 0.526 e. The zero-order chi connectivity index (χ0) is 9.64. The van der Waals surface area contributed by atoms with Crippen LogP contribution in [0.2, 0.25) is 0 Å². The lowest BCUT2D eigenvalue weighted by Crippen LogP contribution is -2.08. The summed E-state index contributed by atoms with van der Waals surface area (Å²) in [6, 6.07) is 0. The Bertz CT molecular complexity index is 273. The fourth-order valence-corrected chi connectivity index (χ4v) is 2.71. The van der Waals surface area contributed by atoms with E-state index in [0.29, 0.717) is 11.8 Å². The molecule has 0 aromatic carbocycles. The summed E-state index contributed by atoms with van der Waals surface area (Å²) in [5.74, 6) is -0.289. The average molecular weight is 206 g/mol. The lowest BCUT2D eigenvalue weighted by molar-refractivity contribution is -0.138. The van der Waals surface area contributed by atoms with Crippen molar-refractivity contribution in [2.75, 3.05) is 0 Å². The third kappa shape index (κ3) is 1.77. The number of hydrogen-bond acceptors (Lipinski definition) is 3. The Morgan fingerprint density at radius 2 is 1.85 bits per heavy atom. The summed E-state index contributed by atoms with van der Waals surface area (Å²) >= 11 is 0. The number of carbonyl (C=O) groups excluding carboxylic acids is 1. The molecule has 0 aromatic heterocycles. The van der Waals surface area contributed by atoms with Crippen LogP contribution in [0.15, 0.2) is 0 Å². The summed E-state index contributed by atoms with van der Waals surface area (Å²) in [6.07, 6.45) is 3.10. The molecule has 2 unspecified atom stereocenters. The van der Waals surface area contributed by atoms with Crippen molar-refractivity contribution in [3.8, 4) is 0 Å². The third-order valence-corrected chi connectivity index (χ3v) is 3.31. The van der Waals surface area contributed by atoms with Crippen molar-refractivity contribution in [2.24, 2.45) is 17.8 Å². The Labute approximate surface area is 75.3 Å². The molecule has 0 aromatic rings. The number of carbonyl (C=O) groups is 1. The van der Waals surface area contributed by atoms with E-state index in [0.717, 1.165) is 19.3 Å². The van der Waals surface area contributed by atoms with Gasteiger partial charge in [-0.25, -0.2) is 4.57 Å². The predicted molar refractivity (Wildman–Crippen MR) is 42.5 cm³/mol. The number of hydrogen-bond donors (Lipinski definition) is 2. The predicted octanol–water partition coefficient (Wildman–Crippen LogP) is 0.668. The molecule has 0 saturated heterocycles. The van der Waals surface area contributed by atoms with E-state index in [1.165, 1.54) is 0 Å². The lowest BCUT2D eigenvalue weighted by atomic mass is 10.1. The van der Waals surface area contributed by atoms with Crippen molar-refractivity contribution in [2.45, 2.75) is 19.3 Å². The van der Waals surface area contributed by atoms with Gasteiger partial charge < -0.3 is 4.52 Å². The first-order valence-corrected chi connectivity index (χ1v) is 5.81. The van der Waals surface area contributed by atoms with Crippen molar-refractivity contribution in [3.05, 3.63) is 0 Å². The maximum Gasteiger partial charge on any atom is 0.526 e. The van der Waals surface area contributed by atoms with Crippen LogP contribution >= 0.6 is 7.82 Å². The molecule has 0 bridgehead atoms. The fraction of sp³-hybridized carbons (Fsp3) is 0.857. The molecule has 0 amide bonds. The molecule has 0 radical (unpaired) electrons. The Morgan fingerprint density at radius 1 is 1.31 bits per heavy atom. The smallest absolute Gasteiger partial charge is 0.370 e. The van der Waals surface area contributed by atoms with E-state index in [9.17, 15) is 9.36 Å². The standard InChI is InChI=1S/C7H11O5P/c8-7(12-13(9,10)11)6-4-2-1-3-5(4)6/h4-6H,1-3H2,(H2,9,10,11). The number of phosphoric ester groups is 1. The second kappa shape index (κ2) is 2.80. The van der Waals surface area contributed by atoms with Crippen LogP contribution in [-0.2, 0) is 13.9 Å². The Hall–Kier alpha value is -0.380. The van der Waals surface area contributed by atoms with E-state index in [4.69, 9.17) is 9.79 Å². The molecule has 0 heterocycles. The fourth-order valence-electron chi connectivity index (χ4n) is 2.35. The molecular weight excluding hydrogens is 195 g/mol. The third-order valence-electron chi connectivity index (χ3n) is 2.89. The van der Waals surface area contributed by atoms with Gasteiger partial charge in [0.05, 0.1) is 5.92 Å². The summed E-state index contributed by atoms with van der Waals surface area (Å²) in [6.45, 7) is 0. The molecule has 2 N–H and O–H groups in total. The molecule has 2 aliphatic rings. The molecule has 2 saturated carbocycles. The van der Waals surface area contributed by atoms with Crippen molar-refractivity contribution < 1.29 is 23.7 Å². The van der Waals surface area contributed by atoms with Gasteiger partial charge in [-0.1, -0.05) is 6.42 Å². The van der Waals surface area contributed by atoms with Crippen LogP contribution in [0.3, 0.4) is 0 Å². The zero-order valence-electron chi connectivity index (χ0n) is 6.92. The topological polar surface area (TPSA) is 83.8 Å². The van der Waals surface area contributed by atoms with Crippen LogP contribution in [0.5, 0.6) is 0 Å². The highest BCUT2D eigenvalue weighted by atomic mass is 31.2. The van der Waals surface area contributed by atoms with Crippen LogP contribution in [0.1, 0.15) is 19.3 Å². The minimum absolute atomic E-state index is 0.235. The van der Waals surface area contributed by atoms with Gasteiger partial charge >= 0.3 is 13.8 Å². The van der Waals surface area contributed by atoms with Gasteiger partial charge in [0.25, 0.3) is 0 Å². The molecule has 6 heteroatoms. The van der Waals surface area contributed by atoms with E-state index < -0.39 is 13.8 Å². The molecule has 74 valence electrons. The first kappa shape index (κ1) is 9.19. The second-order valence-electron chi connectivity index (χ2n) is 3.69. The second-order valence-corrected chi connectivity index (χ2v) is 4.85. The first-order chi connectivity index (χ1) is 5.99. The van der Waals surface area contributed by atoms with E-state index >= 15 is 0 Å². The summed E-state index contributed by atoms with van der Waals surface area (Å²) in [4.78, 5) is 27.9. The monoisotopic (exact) mass is 206 g/mol. The Balaban J connectivity index is 1.90. The van der Waals surface area contributed by atoms with Gasteiger partial charge in [0, 0.05) is 0 Å². The highest BCUT2D eigenvalue weighted by Gasteiger charge is 2.58. The van der Waals surface area contributed by atoms with Crippen LogP contribution in [0, 0.1) is 17.8 Å². The van der Waals surface area contributed by atoms with E-state index in [1.54, 1.807) is 0 Å². The molecule has 0 aliphatic heterocycles.